The van der Waals surface area contributed by atoms with Crippen molar-refractivity contribution in [2.24, 2.45) is 0 Å². The van der Waals surface area contributed by atoms with E-state index < -0.39 is 0 Å². The second-order valence-corrected chi connectivity index (χ2v) is 6.17. The van der Waals surface area contributed by atoms with Crippen LogP contribution in [0.25, 0.3) is 0 Å². The minimum atomic E-state index is 0.686. The van der Waals surface area contributed by atoms with Gasteiger partial charge in [0.1, 0.15) is 0 Å². The van der Waals surface area contributed by atoms with Crippen LogP contribution < -0.4 is 5.32 Å². The molecule has 1 fully saturated rings. The van der Waals surface area contributed by atoms with E-state index in [1.807, 2.05) is 0 Å². The van der Waals surface area contributed by atoms with Gasteiger partial charge >= 0.3 is 0 Å². The molecule has 0 saturated carbocycles. The quantitative estimate of drug-likeness (QED) is 0.693. The summed E-state index contributed by atoms with van der Waals surface area (Å²) in [6, 6.07) is 1.40. The van der Waals surface area contributed by atoms with Crippen LogP contribution in [0.1, 0.15) is 40.0 Å². The van der Waals surface area contributed by atoms with Crippen molar-refractivity contribution < 1.29 is 0 Å². The molecule has 1 rings (SSSR count). The molecule has 1 atom stereocenters. The van der Waals surface area contributed by atoms with Crippen LogP contribution in [0, 0.1) is 0 Å². The maximum Gasteiger partial charge on any atom is 0.0286 e. The molecule has 1 heterocycles. The fourth-order valence-electron chi connectivity index (χ4n) is 2.15. The lowest BCUT2D eigenvalue weighted by molar-refractivity contribution is 0.198. The maximum absolute atomic E-state index is 3.63. The van der Waals surface area contributed by atoms with Gasteiger partial charge in [-0.3, -0.25) is 4.90 Å². The zero-order chi connectivity index (χ0) is 11.8. The Morgan fingerprint density at radius 2 is 2.19 bits per heavy atom. The van der Waals surface area contributed by atoms with Crippen molar-refractivity contribution in [3.05, 3.63) is 0 Å². The largest absolute Gasteiger partial charge is 0.311 e. The maximum atomic E-state index is 3.63. The van der Waals surface area contributed by atoms with Crippen molar-refractivity contribution >= 4 is 11.8 Å². The lowest BCUT2D eigenvalue weighted by Crippen LogP contribution is -2.48. The SMILES string of the molecule is CCCCCN(CC1CSCCN1)C(C)C. The van der Waals surface area contributed by atoms with E-state index in [0.29, 0.717) is 12.1 Å². The first-order valence-corrected chi connectivity index (χ1v) is 7.94. The first-order chi connectivity index (χ1) is 7.74. The van der Waals surface area contributed by atoms with Gasteiger partial charge in [-0.2, -0.15) is 11.8 Å². The Bertz CT molecular complexity index is 167. The summed E-state index contributed by atoms with van der Waals surface area (Å²) in [7, 11) is 0. The summed E-state index contributed by atoms with van der Waals surface area (Å²) in [6.07, 6.45) is 4.05. The smallest absolute Gasteiger partial charge is 0.0286 e. The molecule has 0 amide bonds. The number of thioether (sulfide) groups is 1. The monoisotopic (exact) mass is 244 g/mol. The molecular weight excluding hydrogens is 216 g/mol. The Hall–Kier alpha value is 0.270. The molecule has 16 heavy (non-hydrogen) atoms. The van der Waals surface area contributed by atoms with E-state index in [4.69, 9.17) is 0 Å². The molecule has 1 aliphatic heterocycles. The van der Waals surface area contributed by atoms with Gasteiger partial charge in [0.05, 0.1) is 0 Å². The molecular formula is C13H28N2S. The number of nitrogens with one attached hydrogen (secondary N) is 1. The highest BCUT2D eigenvalue weighted by atomic mass is 32.2. The summed E-state index contributed by atoms with van der Waals surface area (Å²) < 4.78 is 0. The van der Waals surface area contributed by atoms with Crippen molar-refractivity contribution in [2.45, 2.75) is 52.1 Å². The van der Waals surface area contributed by atoms with Crippen molar-refractivity contribution in [3.63, 3.8) is 0 Å². The van der Waals surface area contributed by atoms with E-state index in [9.17, 15) is 0 Å². The van der Waals surface area contributed by atoms with Gasteiger partial charge in [-0.25, -0.2) is 0 Å². The van der Waals surface area contributed by atoms with E-state index in [0.717, 1.165) is 0 Å². The van der Waals surface area contributed by atoms with Crippen LogP contribution in [0.15, 0.2) is 0 Å². The van der Waals surface area contributed by atoms with Gasteiger partial charge in [0.2, 0.25) is 0 Å². The van der Waals surface area contributed by atoms with Crippen LogP contribution >= 0.6 is 11.8 Å². The average molecular weight is 244 g/mol. The molecule has 1 N–H and O–H groups in total. The summed E-state index contributed by atoms with van der Waals surface area (Å²) in [4.78, 5) is 2.64. The Labute approximate surface area is 106 Å². The van der Waals surface area contributed by atoms with Gasteiger partial charge in [0.15, 0.2) is 0 Å². The molecule has 1 unspecified atom stereocenters. The molecule has 1 saturated heterocycles. The Morgan fingerprint density at radius 3 is 2.75 bits per heavy atom. The minimum Gasteiger partial charge on any atom is -0.311 e. The summed E-state index contributed by atoms with van der Waals surface area (Å²) in [5.41, 5.74) is 0. The number of unbranched alkanes of at least 4 members (excludes halogenated alkanes) is 2. The molecule has 3 heteroatoms. The van der Waals surface area contributed by atoms with Crippen LogP contribution in [-0.4, -0.2) is 48.1 Å². The van der Waals surface area contributed by atoms with Crippen LogP contribution in [0.5, 0.6) is 0 Å². The van der Waals surface area contributed by atoms with Crippen molar-refractivity contribution in [1.29, 1.82) is 0 Å². The van der Waals surface area contributed by atoms with E-state index in [1.165, 1.54) is 50.4 Å². The highest BCUT2D eigenvalue weighted by molar-refractivity contribution is 7.99. The average Bonchev–Trinajstić information content (AvgIpc) is 2.29. The molecule has 0 radical (unpaired) electrons. The third kappa shape index (κ3) is 5.55. The second kappa shape index (κ2) is 8.37. The van der Waals surface area contributed by atoms with Gasteiger partial charge in [0, 0.05) is 36.7 Å². The third-order valence-corrected chi connectivity index (χ3v) is 4.36. The fraction of sp³-hybridized carbons (Fsp3) is 1.00. The lowest BCUT2D eigenvalue weighted by Gasteiger charge is -2.33. The van der Waals surface area contributed by atoms with Crippen molar-refractivity contribution in [2.75, 3.05) is 31.1 Å². The predicted molar refractivity (Wildman–Crippen MR) is 75.3 cm³/mol. The summed E-state index contributed by atoms with van der Waals surface area (Å²) >= 11 is 2.10. The van der Waals surface area contributed by atoms with Gasteiger partial charge < -0.3 is 5.32 Å². The first kappa shape index (κ1) is 14.3. The van der Waals surface area contributed by atoms with Gasteiger partial charge in [-0.1, -0.05) is 19.8 Å². The standard InChI is InChI=1S/C13H28N2S/c1-4-5-6-8-15(12(2)3)10-13-11-16-9-7-14-13/h12-14H,4-11H2,1-3H3. The number of hydrogen-bond acceptors (Lipinski definition) is 3. The molecule has 0 aromatic carbocycles. The number of nitrogens with zero attached hydrogens (tertiary/aromatic N) is 1. The Morgan fingerprint density at radius 1 is 1.38 bits per heavy atom. The van der Waals surface area contributed by atoms with Gasteiger partial charge in [-0.05, 0) is 26.8 Å². The van der Waals surface area contributed by atoms with Crippen molar-refractivity contribution in [1.82, 2.24) is 10.2 Å². The van der Waals surface area contributed by atoms with Crippen LogP contribution in [0.2, 0.25) is 0 Å². The van der Waals surface area contributed by atoms with Crippen LogP contribution in [0.4, 0.5) is 0 Å². The summed E-state index contributed by atoms with van der Waals surface area (Å²) in [6.45, 7) is 10.6. The van der Waals surface area contributed by atoms with E-state index in [1.54, 1.807) is 0 Å². The summed E-state index contributed by atoms with van der Waals surface area (Å²) in [5, 5.41) is 3.63. The molecule has 0 bridgehead atoms. The van der Waals surface area contributed by atoms with Crippen LogP contribution in [0.3, 0.4) is 0 Å². The molecule has 1 aliphatic rings. The van der Waals surface area contributed by atoms with Crippen LogP contribution in [-0.2, 0) is 0 Å². The molecule has 0 aromatic rings. The molecule has 0 aromatic heterocycles. The van der Waals surface area contributed by atoms with E-state index in [-0.39, 0.29) is 0 Å². The zero-order valence-corrected chi connectivity index (χ0v) is 12.0. The van der Waals surface area contributed by atoms with E-state index in [2.05, 4.69) is 42.7 Å². The number of hydrogen-bond donors (Lipinski definition) is 1. The topological polar surface area (TPSA) is 15.3 Å². The van der Waals surface area contributed by atoms with E-state index >= 15 is 0 Å². The molecule has 2 nitrogen and oxygen atoms in total. The molecule has 0 aliphatic carbocycles. The Kier molecular flexibility index (Phi) is 7.50. The molecule has 96 valence electrons. The second-order valence-electron chi connectivity index (χ2n) is 5.02. The third-order valence-electron chi connectivity index (χ3n) is 3.23. The first-order valence-electron chi connectivity index (χ1n) is 6.79. The number of rotatable bonds is 7. The van der Waals surface area contributed by atoms with Gasteiger partial charge in [0.25, 0.3) is 0 Å². The highest BCUT2D eigenvalue weighted by Gasteiger charge is 2.18. The lowest BCUT2D eigenvalue weighted by atomic mass is 10.2. The highest BCUT2D eigenvalue weighted by Crippen LogP contribution is 2.11. The predicted octanol–water partition coefficient (Wildman–Crippen LogP) is 2.59. The fourth-order valence-corrected chi connectivity index (χ4v) is 3.08. The minimum absolute atomic E-state index is 0.686. The zero-order valence-electron chi connectivity index (χ0n) is 11.2. The van der Waals surface area contributed by atoms with Gasteiger partial charge in [-0.15, -0.1) is 0 Å². The van der Waals surface area contributed by atoms with Crippen molar-refractivity contribution in [3.8, 4) is 0 Å². The Balaban J connectivity index is 2.25. The normalized spacial score (nSPS) is 21.9. The molecule has 0 spiro atoms. The summed E-state index contributed by atoms with van der Waals surface area (Å²) in [5.74, 6) is 2.57.